The molecule has 58 heavy (non-hydrogen) atoms. The maximum Gasteiger partial charge on any atom is 0.165 e. The minimum absolute atomic E-state index is 0.635. The van der Waals surface area contributed by atoms with Gasteiger partial charge in [-0.15, -0.1) is 0 Å². The Labute approximate surface area is 336 Å². The highest BCUT2D eigenvalue weighted by molar-refractivity contribution is 6.21. The Morgan fingerprint density at radius 1 is 0.224 bits per heavy atom. The van der Waals surface area contributed by atoms with Gasteiger partial charge in [-0.2, -0.15) is 0 Å². The number of fused-ring (bicyclic) bond motifs is 4. The van der Waals surface area contributed by atoms with Crippen LogP contribution in [0.2, 0.25) is 0 Å². The smallest absolute Gasteiger partial charge is 0.165 e. The molecule has 0 N–H and O–H groups in total. The quantitative estimate of drug-likeness (QED) is 0.160. The van der Waals surface area contributed by atoms with E-state index in [9.17, 15) is 0 Å². The predicted molar refractivity (Wildman–Crippen MR) is 242 cm³/mol. The van der Waals surface area contributed by atoms with Crippen molar-refractivity contribution >= 4 is 43.1 Å². The van der Waals surface area contributed by atoms with Crippen molar-refractivity contribution in [3.8, 4) is 67.5 Å². The van der Waals surface area contributed by atoms with E-state index in [4.69, 9.17) is 15.0 Å². The summed E-state index contributed by atoms with van der Waals surface area (Å²) in [7, 11) is 0. The summed E-state index contributed by atoms with van der Waals surface area (Å²) in [5, 5.41) is 9.49. The number of benzene rings is 10. The summed E-state index contributed by atoms with van der Waals surface area (Å²) in [6.07, 6.45) is 0. The third-order valence-electron chi connectivity index (χ3n) is 11.3. The van der Waals surface area contributed by atoms with Gasteiger partial charge in [-0.05, 0) is 88.6 Å². The van der Waals surface area contributed by atoms with Gasteiger partial charge in [0.25, 0.3) is 0 Å². The number of hydrogen-bond donors (Lipinski definition) is 0. The van der Waals surface area contributed by atoms with Crippen molar-refractivity contribution in [1.29, 1.82) is 0 Å². The fourth-order valence-electron chi connectivity index (χ4n) is 8.60. The van der Waals surface area contributed by atoms with Crippen molar-refractivity contribution in [2.45, 2.75) is 0 Å². The minimum Gasteiger partial charge on any atom is -0.208 e. The van der Waals surface area contributed by atoms with Crippen LogP contribution < -0.4 is 0 Å². The molecule has 3 heteroatoms. The van der Waals surface area contributed by atoms with E-state index >= 15 is 0 Å². The Kier molecular flexibility index (Phi) is 8.15. The molecular weight excluding hydrogens is 703 g/mol. The topological polar surface area (TPSA) is 38.7 Å². The van der Waals surface area contributed by atoms with E-state index in [-0.39, 0.29) is 0 Å². The predicted octanol–water partition coefficient (Wildman–Crippen LogP) is 14.5. The lowest BCUT2D eigenvalue weighted by Gasteiger charge is -2.18. The molecule has 11 aromatic rings. The maximum absolute atomic E-state index is 5.29. The molecule has 0 radical (unpaired) electrons. The van der Waals surface area contributed by atoms with Gasteiger partial charge in [0.15, 0.2) is 17.5 Å². The van der Waals surface area contributed by atoms with Crippen LogP contribution in [-0.4, -0.2) is 15.0 Å². The zero-order chi connectivity index (χ0) is 38.4. The van der Waals surface area contributed by atoms with Crippen LogP contribution in [-0.2, 0) is 0 Å². The maximum atomic E-state index is 5.29. The standard InChI is InChI=1S/C55H35N3/c1-4-16-36(17-5-1)45-33-32-37-18-10-11-23-44(37)52(45)55-57-53(39-21-8-3-9-22-39)56-54(58-55)43-31-29-40-34-42(30-28-41(40)35-43)51-48-26-14-12-24-46(48)50(38-19-6-2-7-20-38)47-25-13-15-27-49(47)51/h1-35H. The highest BCUT2D eigenvalue weighted by Gasteiger charge is 2.20. The first kappa shape index (κ1) is 33.6. The van der Waals surface area contributed by atoms with Crippen LogP contribution >= 0.6 is 0 Å². The van der Waals surface area contributed by atoms with Gasteiger partial charge >= 0.3 is 0 Å². The van der Waals surface area contributed by atoms with E-state index in [1.807, 2.05) is 24.3 Å². The second-order valence-electron chi connectivity index (χ2n) is 14.7. The third-order valence-corrected chi connectivity index (χ3v) is 11.3. The van der Waals surface area contributed by atoms with Crippen molar-refractivity contribution in [3.05, 3.63) is 212 Å². The Balaban J connectivity index is 1.09. The highest BCUT2D eigenvalue weighted by Crippen LogP contribution is 2.44. The second kappa shape index (κ2) is 14.1. The normalized spacial score (nSPS) is 11.4. The molecule has 0 saturated carbocycles. The van der Waals surface area contributed by atoms with Gasteiger partial charge in [0.1, 0.15) is 0 Å². The fourth-order valence-corrected chi connectivity index (χ4v) is 8.60. The number of nitrogens with zero attached hydrogens (tertiary/aromatic N) is 3. The van der Waals surface area contributed by atoms with Crippen molar-refractivity contribution in [1.82, 2.24) is 15.0 Å². The molecule has 0 aliphatic rings. The van der Waals surface area contributed by atoms with Crippen molar-refractivity contribution < 1.29 is 0 Å². The summed E-state index contributed by atoms with van der Waals surface area (Å²) in [4.78, 5) is 15.6. The lowest BCUT2D eigenvalue weighted by molar-refractivity contribution is 1.08. The Morgan fingerprint density at radius 3 is 1.24 bits per heavy atom. The van der Waals surface area contributed by atoms with E-state index in [2.05, 4.69) is 188 Å². The molecule has 1 heterocycles. The monoisotopic (exact) mass is 737 g/mol. The van der Waals surface area contributed by atoms with Crippen molar-refractivity contribution in [2.24, 2.45) is 0 Å². The summed E-state index contributed by atoms with van der Waals surface area (Å²) in [6.45, 7) is 0. The Morgan fingerprint density at radius 2 is 0.638 bits per heavy atom. The summed E-state index contributed by atoms with van der Waals surface area (Å²) >= 11 is 0. The highest BCUT2D eigenvalue weighted by atomic mass is 15.0. The average molecular weight is 738 g/mol. The molecule has 270 valence electrons. The van der Waals surface area contributed by atoms with Crippen LogP contribution in [0.25, 0.3) is 111 Å². The molecule has 0 aliphatic carbocycles. The number of hydrogen-bond acceptors (Lipinski definition) is 3. The second-order valence-corrected chi connectivity index (χ2v) is 14.7. The molecule has 0 atom stereocenters. The zero-order valence-electron chi connectivity index (χ0n) is 31.5. The molecule has 1 aromatic heterocycles. The van der Waals surface area contributed by atoms with Gasteiger partial charge in [-0.1, -0.05) is 200 Å². The van der Waals surface area contributed by atoms with Gasteiger partial charge in [-0.3, -0.25) is 0 Å². The lowest BCUT2D eigenvalue weighted by atomic mass is 9.85. The van der Waals surface area contributed by atoms with E-state index in [1.54, 1.807) is 0 Å². The SMILES string of the molecule is c1ccc(-c2nc(-c3ccc4cc(-c5c6ccccc6c(-c6ccccc6)c6ccccc56)ccc4c3)nc(-c3c(-c4ccccc4)ccc4ccccc34)n2)cc1. The van der Waals surface area contributed by atoms with Crippen molar-refractivity contribution in [2.75, 3.05) is 0 Å². The molecule has 0 bridgehead atoms. The van der Waals surface area contributed by atoms with E-state index in [0.29, 0.717) is 17.5 Å². The first-order valence-electron chi connectivity index (χ1n) is 19.7. The zero-order valence-corrected chi connectivity index (χ0v) is 31.5. The first-order valence-corrected chi connectivity index (χ1v) is 19.7. The first-order chi connectivity index (χ1) is 28.8. The van der Waals surface area contributed by atoms with Crippen LogP contribution in [0.15, 0.2) is 212 Å². The molecular formula is C55H35N3. The molecule has 0 unspecified atom stereocenters. The molecule has 0 amide bonds. The summed E-state index contributed by atoms with van der Waals surface area (Å²) in [6, 6.07) is 75.3. The number of aromatic nitrogens is 3. The lowest BCUT2D eigenvalue weighted by Crippen LogP contribution is -2.01. The van der Waals surface area contributed by atoms with E-state index in [0.717, 1.165) is 49.4 Å². The third kappa shape index (κ3) is 5.80. The largest absolute Gasteiger partial charge is 0.208 e. The summed E-state index contributed by atoms with van der Waals surface area (Å²) in [5.74, 6) is 1.92. The molecule has 11 rings (SSSR count). The van der Waals surface area contributed by atoms with Crippen LogP contribution in [0.5, 0.6) is 0 Å². The molecule has 3 nitrogen and oxygen atoms in total. The molecule has 0 aliphatic heterocycles. The molecule has 0 fully saturated rings. The van der Waals surface area contributed by atoms with Crippen LogP contribution in [0.4, 0.5) is 0 Å². The van der Waals surface area contributed by atoms with Crippen LogP contribution in [0.1, 0.15) is 0 Å². The molecule has 0 spiro atoms. The van der Waals surface area contributed by atoms with E-state index in [1.165, 1.54) is 43.8 Å². The Hall–Kier alpha value is -7.75. The number of rotatable bonds is 6. The van der Waals surface area contributed by atoms with Gasteiger partial charge in [0.05, 0.1) is 0 Å². The molecule has 0 saturated heterocycles. The van der Waals surface area contributed by atoms with Crippen LogP contribution in [0.3, 0.4) is 0 Å². The summed E-state index contributed by atoms with van der Waals surface area (Å²) in [5.41, 5.74) is 9.99. The average Bonchev–Trinajstić information content (AvgIpc) is 3.30. The molecule has 10 aromatic carbocycles. The Bertz CT molecular complexity index is 3260. The van der Waals surface area contributed by atoms with Gasteiger partial charge in [0.2, 0.25) is 0 Å². The van der Waals surface area contributed by atoms with E-state index < -0.39 is 0 Å². The van der Waals surface area contributed by atoms with Gasteiger partial charge < -0.3 is 0 Å². The summed E-state index contributed by atoms with van der Waals surface area (Å²) < 4.78 is 0. The van der Waals surface area contributed by atoms with Crippen molar-refractivity contribution in [3.63, 3.8) is 0 Å². The fraction of sp³-hybridized carbons (Fsp3) is 0. The van der Waals surface area contributed by atoms with Gasteiger partial charge in [-0.25, -0.2) is 15.0 Å². The minimum atomic E-state index is 0.635. The van der Waals surface area contributed by atoms with Gasteiger partial charge in [0, 0.05) is 16.7 Å². The van der Waals surface area contributed by atoms with Crippen LogP contribution in [0, 0.1) is 0 Å².